The van der Waals surface area contributed by atoms with E-state index in [4.69, 9.17) is 22.2 Å². The van der Waals surface area contributed by atoms with Crippen LogP contribution in [0.3, 0.4) is 0 Å². The number of hydrazine groups is 1. The van der Waals surface area contributed by atoms with Crippen molar-refractivity contribution in [1.29, 1.82) is 0 Å². The molecule has 3 nitrogen and oxygen atoms in total. The van der Waals surface area contributed by atoms with Gasteiger partial charge in [0, 0.05) is 6.61 Å². The van der Waals surface area contributed by atoms with Gasteiger partial charge in [0.25, 0.3) is 0 Å². The zero-order valence-electron chi connectivity index (χ0n) is 10.0. The van der Waals surface area contributed by atoms with Crippen LogP contribution in [-0.4, -0.2) is 18.8 Å². The smallest absolute Gasteiger partial charge is 0.142 e. The molecule has 0 aliphatic carbocycles. The van der Waals surface area contributed by atoms with Crippen LogP contribution in [0, 0.1) is 5.82 Å². The van der Waals surface area contributed by atoms with E-state index >= 15 is 0 Å². The van der Waals surface area contributed by atoms with Gasteiger partial charge in [-0.3, -0.25) is 11.3 Å². The van der Waals surface area contributed by atoms with Crippen molar-refractivity contribution in [2.75, 3.05) is 6.61 Å². The van der Waals surface area contributed by atoms with Crippen LogP contribution in [0.4, 0.5) is 4.39 Å². The van der Waals surface area contributed by atoms with Crippen LogP contribution in [0.25, 0.3) is 0 Å². The lowest BCUT2D eigenvalue weighted by molar-refractivity contribution is 0.0476. The van der Waals surface area contributed by atoms with Crippen molar-refractivity contribution >= 4 is 11.6 Å². The molecule has 0 aliphatic heterocycles. The second kappa shape index (κ2) is 6.91. The monoisotopic (exact) mass is 260 g/mol. The van der Waals surface area contributed by atoms with Crippen molar-refractivity contribution < 1.29 is 9.13 Å². The van der Waals surface area contributed by atoms with Crippen molar-refractivity contribution in [2.24, 2.45) is 5.84 Å². The van der Waals surface area contributed by atoms with Crippen molar-refractivity contribution in [1.82, 2.24) is 5.43 Å². The molecule has 1 aromatic carbocycles. The first-order chi connectivity index (χ1) is 8.08. The molecule has 96 valence electrons. The highest BCUT2D eigenvalue weighted by Crippen LogP contribution is 2.17. The summed E-state index contributed by atoms with van der Waals surface area (Å²) in [6.07, 6.45) is 0.551. The average molecular weight is 261 g/mol. The van der Waals surface area contributed by atoms with Crippen LogP contribution in [-0.2, 0) is 11.2 Å². The van der Waals surface area contributed by atoms with Crippen LogP contribution in [0.1, 0.15) is 19.4 Å². The van der Waals surface area contributed by atoms with Gasteiger partial charge in [-0.15, -0.1) is 0 Å². The number of nitrogens with two attached hydrogens (primary N) is 1. The van der Waals surface area contributed by atoms with Gasteiger partial charge in [-0.05, 0) is 38.0 Å². The van der Waals surface area contributed by atoms with Crippen molar-refractivity contribution in [3.8, 4) is 0 Å². The summed E-state index contributed by atoms with van der Waals surface area (Å²) in [5, 5.41) is 0.129. The molecule has 2 unspecified atom stereocenters. The minimum absolute atomic E-state index is 0.0382. The van der Waals surface area contributed by atoms with Crippen molar-refractivity contribution in [2.45, 2.75) is 32.4 Å². The van der Waals surface area contributed by atoms with Crippen LogP contribution >= 0.6 is 11.6 Å². The molecule has 0 spiro atoms. The van der Waals surface area contributed by atoms with Gasteiger partial charge in [0.2, 0.25) is 0 Å². The predicted molar refractivity (Wildman–Crippen MR) is 67.3 cm³/mol. The largest absolute Gasteiger partial charge is 0.377 e. The fourth-order valence-corrected chi connectivity index (χ4v) is 1.78. The van der Waals surface area contributed by atoms with E-state index < -0.39 is 5.82 Å². The van der Waals surface area contributed by atoms with Gasteiger partial charge in [-0.1, -0.05) is 17.7 Å². The standard InChI is InChI=1S/C12H18ClFN2O/c1-3-17-8(2)12(16-15)7-9-4-5-10(13)11(14)6-9/h4-6,8,12,16H,3,7,15H2,1-2H3. The Morgan fingerprint density at radius 2 is 2.24 bits per heavy atom. The van der Waals surface area contributed by atoms with E-state index in [1.807, 2.05) is 13.8 Å². The van der Waals surface area contributed by atoms with E-state index in [1.54, 1.807) is 12.1 Å². The molecule has 0 radical (unpaired) electrons. The fraction of sp³-hybridized carbons (Fsp3) is 0.500. The number of halogens is 2. The molecule has 0 amide bonds. The van der Waals surface area contributed by atoms with Crippen LogP contribution in [0.2, 0.25) is 5.02 Å². The highest BCUT2D eigenvalue weighted by Gasteiger charge is 2.17. The minimum Gasteiger partial charge on any atom is -0.377 e. The summed E-state index contributed by atoms with van der Waals surface area (Å²) in [6, 6.07) is 4.70. The molecule has 0 aromatic heterocycles. The lowest BCUT2D eigenvalue weighted by atomic mass is 10.0. The first kappa shape index (κ1) is 14.4. The molecule has 17 heavy (non-hydrogen) atoms. The van der Waals surface area contributed by atoms with E-state index in [2.05, 4.69) is 5.43 Å². The highest BCUT2D eigenvalue weighted by molar-refractivity contribution is 6.30. The Balaban J connectivity index is 2.70. The molecule has 0 bridgehead atoms. The van der Waals surface area contributed by atoms with Gasteiger partial charge < -0.3 is 4.74 Å². The molecule has 1 rings (SSSR count). The summed E-state index contributed by atoms with van der Waals surface area (Å²) in [5.41, 5.74) is 3.52. The van der Waals surface area contributed by atoms with E-state index in [9.17, 15) is 4.39 Å². The Hall–Kier alpha value is -0.680. The molecule has 1 aromatic rings. The maximum Gasteiger partial charge on any atom is 0.142 e. The van der Waals surface area contributed by atoms with Gasteiger partial charge in [0.15, 0.2) is 0 Å². The molecule has 0 fully saturated rings. The maximum absolute atomic E-state index is 13.3. The molecule has 0 aliphatic rings. The van der Waals surface area contributed by atoms with Gasteiger partial charge in [-0.25, -0.2) is 4.39 Å². The number of ether oxygens (including phenoxy) is 1. The molecule has 0 saturated heterocycles. The quantitative estimate of drug-likeness (QED) is 0.609. The predicted octanol–water partition coefficient (Wildman–Crippen LogP) is 2.28. The summed E-state index contributed by atoms with van der Waals surface area (Å²) >= 11 is 5.62. The third kappa shape index (κ3) is 4.24. The SMILES string of the molecule is CCOC(C)C(Cc1ccc(Cl)c(F)c1)NN. The lowest BCUT2D eigenvalue weighted by Gasteiger charge is -2.23. The number of hydrogen-bond donors (Lipinski definition) is 2. The van der Waals surface area contributed by atoms with Gasteiger partial charge in [0.1, 0.15) is 5.82 Å². The molecule has 3 N–H and O–H groups in total. The molecule has 5 heteroatoms. The summed E-state index contributed by atoms with van der Waals surface area (Å²) < 4.78 is 18.7. The number of benzene rings is 1. The zero-order valence-corrected chi connectivity index (χ0v) is 10.8. The molecule has 0 saturated carbocycles. The Morgan fingerprint density at radius 3 is 2.76 bits per heavy atom. The topological polar surface area (TPSA) is 47.3 Å². The second-order valence-electron chi connectivity index (χ2n) is 3.89. The molecular formula is C12H18ClFN2O. The minimum atomic E-state index is -0.413. The fourth-order valence-electron chi connectivity index (χ4n) is 1.66. The third-order valence-electron chi connectivity index (χ3n) is 2.65. The van der Waals surface area contributed by atoms with Crippen molar-refractivity contribution in [3.63, 3.8) is 0 Å². The number of hydrogen-bond acceptors (Lipinski definition) is 3. The molecule has 2 atom stereocenters. The van der Waals surface area contributed by atoms with E-state index in [1.165, 1.54) is 6.07 Å². The maximum atomic E-state index is 13.3. The summed E-state index contributed by atoms with van der Waals surface area (Å²) in [4.78, 5) is 0. The van der Waals surface area contributed by atoms with E-state index in [0.29, 0.717) is 13.0 Å². The van der Waals surface area contributed by atoms with E-state index in [0.717, 1.165) is 5.56 Å². The summed E-state index contributed by atoms with van der Waals surface area (Å²) in [5.74, 6) is 5.06. The van der Waals surface area contributed by atoms with Crippen LogP contribution < -0.4 is 11.3 Å². The number of nitrogens with one attached hydrogen (secondary N) is 1. The summed E-state index contributed by atoms with van der Waals surface area (Å²) in [6.45, 7) is 4.47. The average Bonchev–Trinajstić information content (AvgIpc) is 2.30. The Labute approximate surface area is 106 Å². The molecule has 0 heterocycles. The zero-order chi connectivity index (χ0) is 12.8. The van der Waals surface area contributed by atoms with E-state index in [-0.39, 0.29) is 17.2 Å². The third-order valence-corrected chi connectivity index (χ3v) is 2.96. The highest BCUT2D eigenvalue weighted by atomic mass is 35.5. The summed E-state index contributed by atoms with van der Waals surface area (Å²) in [7, 11) is 0. The first-order valence-electron chi connectivity index (χ1n) is 5.60. The second-order valence-corrected chi connectivity index (χ2v) is 4.29. The van der Waals surface area contributed by atoms with Gasteiger partial charge in [0.05, 0.1) is 17.2 Å². The number of rotatable bonds is 6. The Bertz CT molecular complexity index is 362. The van der Waals surface area contributed by atoms with Crippen molar-refractivity contribution in [3.05, 3.63) is 34.6 Å². The lowest BCUT2D eigenvalue weighted by Crippen LogP contribution is -2.45. The van der Waals surface area contributed by atoms with Crippen LogP contribution in [0.5, 0.6) is 0 Å². The first-order valence-corrected chi connectivity index (χ1v) is 5.98. The Morgan fingerprint density at radius 1 is 1.53 bits per heavy atom. The Kier molecular flexibility index (Phi) is 5.85. The van der Waals surface area contributed by atoms with Crippen LogP contribution in [0.15, 0.2) is 18.2 Å². The van der Waals surface area contributed by atoms with Gasteiger partial charge in [-0.2, -0.15) is 0 Å². The normalized spacial score (nSPS) is 14.6. The molecular weight excluding hydrogens is 243 g/mol. The van der Waals surface area contributed by atoms with Gasteiger partial charge >= 0.3 is 0 Å².